The van der Waals surface area contributed by atoms with Crippen LogP contribution in [0.5, 0.6) is 0 Å². The van der Waals surface area contributed by atoms with Crippen LogP contribution < -0.4 is 16.0 Å². The maximum Gasteiger partial charge on any atom is 0.319 e. The Balaban J connectivity index is 2.02. The number of nitro groups is 1. The molecule has 3 N–H and O–H groups in total. The number of carbonyl (C=O) groups excluding carboxylic acids is 2. The van der Waals surface area contributed by atoms with Gasteiger partial charge in [-0.2, -0.15) is 0 Å². The smallest absolute Gasteiger partial charge is 0.319 e. The van der Waals surface area contributed by atoms with Crippen molar-refractivity contribution >= 4 is 34.9 Å². The van der Waals surface area contributed by atoms with Crippen LogP contribution in [0.2, 0.25) is 5.02 Å². The molecule has 3 rings (SSSR count). The summed E-state index contributed by atoms with van der Waals surface area (Å²) in [6.07, 6.45) is 0. The highest BCUT2D eigenvalue weighted by atomic mass is 35.5. The molecule has 0 aliphatic carbocycles. The minimum atomic E-state index is -0.871. The number of nitrogens with zero attached hydrogens (tertiary/aromatic N) is 1. The number of rotatable bonds is 4. The Morgan fingerprint density at radius 3 is 2.59 bits per heavy atom. The number of halogens is 1. The SMILES string of the molecule is CC1=C(C(=O)Nc2cc(C)ccc2C)[C@@H](c2ccc(Cl)c([N+](=O)[O-])c2)NC(=O)N1. The van der Waals surface area contributed by atoms with Gasteiger partial charge in [-0.3, -0.25) is 14.9 Å². The normalized spacial score (nSPS) is 16.1. The second kappa shape index (κ2) is 7.92. The van der Waals surface area contributed by atoms with Crippen molar-refractivity contribution in [2.45, 2.75) is 26.8 Å². The highest BCUT2D eigenvalue weighted by Crippen LogP contribution is 2.33. The number of urea groups is 1. The number of carbonyl (C=O) groups is 2. The van der Waals surface area contributed by atoms with Crippen molar-refractivity contribution in [2.75, 3.05) is 5.32 Å². The molecule has 1 aliphatic rings. The van der Waals surface area contributed by atoms with Gasteiger partial charge in [0.2, 0.25) is 0 Å². The summed E-state index contributed by atoms with van der Waals surface area (Å²) in [7, 11) is 0. The minimum absolute atomic E-state index is 0.0268. The van der Waals surface area contributed by atoms with E-state index in [1.807, 2.05) is 32.0 Å². The van der Waals surface area contributed by atoms with Gasteiger partial charge in [-0.05, 0) is 49.6 Å². The van der Waals surface area contributed by atoms with Crippen molar-refractivity contribution < 1.29 is 14.5 Å². The van der Waals surface area contributed by atoms with E-state index in [0.29, 0.717) is 16.9 Å². The predicted molar refractivity (Wildman–Crippen MR) is 110 cm³/mol. The molecule has 0 bridgehead atoms. The van der Waals surface area contributed by atoms with Crippen molar-refractivity contribution in [3.63, 3.8) is 0 Å². The summed E-state index contributed by atoms with van der Waals surface area (Å²) < 4.78 is 0. The van der Waals surface area contributed by atoms with Gasteiger partial charge in [0.25, 0.3) is 11.6 Å². The molecule has 0 radical (unpaired) electrons. The second-order valence-electron chi connectivity index (χ2n) is 6.81. The van der Waals surface area contributed by atoms with Crippen LogP contribution >= 0.6 is 11.6 Å². The van der Waals surface area contributed by atoms with Crippen molar-refractivity contribution in [1.29, 1.82) is 0 Å². The molecule has 0 unspecified atom stereocenters. The number of allylic oxidation sites excluding steroid dienone is 1. The van der Waals surface area contributed by atoms with Gasteiger partial charge in [-0.15, -0.1) is 0 Å². The Hall–Kier alpha value is -3.39. The summed E-state index contributed by atoms with van der Waals surface area (Å²) in [5.74, 6) is -0.425. The van der Waals surface area contributed by atoms with E-state index in [9.17, 15) is 19.7 Å². The number of anilines is 1. The monoisotopic (exact) mass is 414 g/mol. The fourth-order valence-electron chi connectivity index (χ4n) is 3.15. The lowest BCUT2D eigenvalue weighted by atomic mass is 9.94. The molecule has 8 nitrogen and oxygen atoms in total. The van der Waals surface area contributed by atoms with Gasteiger partial charge in [0, 0.05) is 17.5 Å². The zero-order valence-electron chi connectivity index (χ0n) is 16.0. The molecule has 1 atom stereocenters. The van der Waals surface area contributed by atoms with E-state index < -0.39 is 22.9 Å². The van der Waals surface area contributed by atoms with E-state index in [-0.39, 0.29) is 16.3 Å². The van der Waals surface area contributed by atoms with Crippen LogP contribution in [0.4, 0.5) is 16.2 Å². The van der Waals surface area contributed by atoms with Gasteiger partial charge in [0.05, 0.1) is 16.5 Å². The van der Waals surface area contributed by atoms with Gasteiger partial charge < -0.3 is 16.0 Å². The van der Waals surface area contributed by atoms with Crippen LogP contribution in [0.3, 0.4) is 0 Å². The summed E-state index contributed by atoms with van der Waals surface area (Å²) in [6.45, 7) is 5.39. The Morgan fingerprint density at radius 1 is 1.17 bits per heavy atom. The first-order valence-electron chi connectivity index (χ1n) is 8.78. The molecule has 0 aromatic heterocycles. The number of amides is 3. The summed E-state index contributed by atoms with van der Waals surface area (Å²) in [5, 5.41) is 19.3. The van der Waals surface area contributed by atoms with E-state index in [0.717, 1.165) is 11.1 Å². The summed E-state index contributed by atoms with van der Waals surface area (Å²) >= 11 is 5.89. The lowest BCUT2D eigenvalue weighted by Gasteiger charge is -2.28. The number of hydrogen-bond donors (Lipinski definition) is 3. The molecule has 3 amide bonds. The Bertz CT molecular complexity index is 1060. The molecule has 0 saturated heterocycles. The summed E-state index contributed by atoms with van der Waals surface area (Å²) in [4.78, 5) is 35.7. The third-order valence-electron chi connectivity index (χ3n) is 4.66. The van der Waals surface area contributed by atoms with Gasteiger partial charge in [0.15, 0.2) is 0 Å². The van der Waals surface area contributed by atoms with Crippen molar-refractivity contribution in [2.24, 2.45) is 0 Å². The van der Waals surface area contributed by atoms with Crippen molar-refractivity contribution in [3.8, 4) is 0 Å². The fourth-order valence-corrected chi connectivity index (χ4v) is 3.34. The Morgan fingerprint density at radius 2 is 1.90 bits per heavy atom. The second-order valence-corrected chi connectivity index (χ2v) is 7.22. The molecule has 1 aliphatic heterocycles. The van der Waals surface area contributed by atoms with Gasteiger partial charge in [-0.25, -0.2) is 4.79 Å². The molecule has 150 valence electrons. The number of benzene rings is 2. The highest BCUT2D eigenvalue weighted by molar-refractivity contribution is 6.32. The van der Waals surface area contributed by atoms with E-state index >= 15 is 0 Å². The molecule has 2 aromatic carbocycles. The Kier molecular flexibility index (Phi) is 5.56. The summed E-state index contributed by atoms with van der Waals surface area (Å²) in [5.41, 5.74) is 3.20. The molecule has 9 heteroatoms. The maximum absolute atomic E-state index is 13.1. The lowest BCUT2D eigenvalue weighted by molar-refractivity contribution is -0.384. The minimum Gasteiger partial charge on any atom is -0.327 e. The average Bonchev–Trinajstić information content (AvgIpc) is 2.64. The van der Waals surface area contributed by atoms with Gasteiger partial charge in [-0.1, -0.05) is 29.8 Å². The average molecular weight is 415 g/mol. The van der Waals surface area contributed by atoms with Crippen LogP contribution in [-0.2, 0) is 4.79 Å². The third kappa shape index (κ3) is 4.22. The molecule has 2 aromatic rings. The quantitative estimate of drug-likeness (QED) is 0.515. The third-order valence-corrected chi connectivity index (χ3v) is 4.97. The van der Waals surface area contributed by atoms with Gasteiger partial charge >= 0.3 is 6.03 Å². The molecule has 29 heavy (non-hydrogen) atoms. The van der Waals surface area contributed by atoms with Crippen LogP contribution in [0, 0.1) is 24.0 Å². The number of nitrogens with one attached hydrogen (secondary N) is 3. The largest absolute Gasteiger partial charge is 0.327 e. The predicted octanol–water partition coefficient (Wildman–Crippen LogP) is 4.13. The molecule has 0 spiro atoms. The van der Waals surface area contributed by atoms with Crippen LogP contribution in [-0.4, -0.2) is 16.9 Å². The summed E-state index contributed by atoms with van der Waals surface area (Å²) in [6, 6.07) is 8.49. The first kappa shape index (κ1) is 20.3. The van der Waals surface area contributed by atoms with Crippen LogP contribution in [0.15, 0.2) is 47.7 Å². The Labute approximate surface area is 172 Å². The lowest BCUT2D eigenvalue weighted by Crippen LogP contribution is -2.46. The molecule has 0 saturated carbocycles. The standard InChI is InChI=1S/C20H19ClN4O4/c1-10-4-5-11(2)15(8-10)23-19(26)17-12(3)22-20(27)24-18(17)13-6-7-14(21)16(9-13)25(28)29/h4-9,18H,1-3H3,(H,23,26)(H2,22,24,27)/t18-/m1/s1. The van der Waals surface area contributed by atoms with E-state index in [4.69, 9.17) is 11.6 Å². The first-order chi connectivity index (χ1) is 13.7. The highest BCUT2D eigenvalue weighted by Gasteiger charge is 2.32. The molecular weight excluding hydrogens is 396 g/mol. The van der Waals surface area contributed by atoms with Crippen LogP contribution in [0.1, 0.15) is 29.7 Å². The van der Waals surface area contributed by atoms with E-state index in [1.54, 1.807) is 13.0 Å². The van der Waals surface area contributed by atoms with Crippen LogP contribution in [0.25, 0.3) is 0 Å². The number of aryl methyl sites for hydroxylation is 2. The topological polar surface area (TPSA) is 113 Å². The fraction of sp³-hybridized carbons (Fsp3) is 0.200. The van der Waals surface area contributed by atoms with Gasteiger partial charge in [0.1, 0.15) is 5.02 Å². The number of nitro benzene ring substituents is 1. The molecule has 1 heterocycles. The maximum atomic E-state index is 13.1. The molecule has 0 fully saturated rings. The number of hydrogen-bond acceptors (Lipinski definition) is 4. The van der Waals surface area contributed by atoms with Crippen molar-refractivity contribution in [1.82, 2.24) is 10.6 Å². The molecular formula is C20H19ClN4O4. The zero-order chi connectivity index (χ0) is 21.3. The van der Waals surface area contributed by atoms with E-state index in [2.05, 4.69) is 16.0 Å². The first-order valence-corrected chi connectivity index (χ1v) is 9.16. The van der Waals surface area contributed by atoms with E-state index in [1.165, 1.54) is 12.1 Å². The van der Waals surface area contributed by atoms with Crippen molar-refractivity contribution in [3.05, 3.63) is 79.5 Å². The zero-order valence-corrected chi connectivity index (χ0v) is 16.8.